The minimum Gasteiger partial charge on any atom is -0.466 e. The van der Waals surface area contributed by atoms with Gasteiger partial charge >= 0.3 is 24.0 Å². The van der Waals surface area contributed by atoms with Crippen LogP contribution in [0.4, 0.5) is 4.79 Å². The molecule has 2 atom stereocenters. The van der Waals surface area contributed by atoms with Crippen molar-refractivity contribution in [3.05, 3.63) is 35.9 Å². The Morgan fingerprint density at radius 1 is 0.714 bits per heavy atom. The standard InChI is InChI=1S/C24H34N2O9/c1-4-32-21(28)15-13-18(22(29)33-5-2)25-20(27)14-12-19(23(30)34-6-3)26-24(31)35-16-17-10-8-7-9-11-17/h7-11,18-19H,4-6,12-16H2,1-3H3,(H,25,27)(H,26,31)/t18-,19?/m0/s1. The van der Waals surface area contributed by atoms with Crippen molar-refractivity contribution in [2.24, 2.45) is 0 Å². The predicted molar refractivity (Wildman–Crippen MR) is 124 cm³/mol. The van der Waals surface area contributed by atoms with Crippen molar-refractivity contribution >= 4 is 29.9 Å². The van der Waals surface area contributed by atoms with E-state index in [0.29, 0.717) is 0 Å². The fourth-order valence-electron chi connectivity index (χ4n) is 2.93. The average Bonchev–Trinajstić information content (AvgIpc) is 2.84. The van der Waals surface area contributed by atoms with Gasteiger partial charge in [0.1, 0.15) is 18.7 Å². The molecule has 0 aliphatic rings. The number of alkyl carbamates (subject to hydrolysis) is 1. The van der Waals surface area contributed by atoms with E-state index in [1.54, 1.807) is 45.0 Å². The number of carbonyl (C=O) groups excluding carboxylic acids is 5. The predicted octanol–water partition coefficient (Wildman–Crippen LogP) is 2.02. The molecule has 0 aliphatic carbocycles. The zero-order valence-electron chi connectivity index (χ0n) is 20.4. The number of ether oxygens (including phenoxy) is 4. The number of nitrogens with one attached hydrogen (secondary N) is 2. The summed E-state index contributed by atoms with van der Waals surface area (Å²) in [5.41, 5.74) is 0.766. The smallest absolute Gasteiger partial charge is 0.408 e. The van der Waals surface area contributed by atoms with Gasteiger partial charge in [-0.05, 0) is 39.2 Å². The molecule has 0 saturated carbocycles. The fraction of sp³-hybridized carbons (Fsp3) is 0.542. The summed E-state index contributed by atoms with van der Waals surface area (Å²) < 4.78 is 19.9. The van der Waals surface area contributed by atoms with Gasteiger partial charge in [0.05, 0.1) is 19.8 Å². The Hall–Kier alpha value is -3.63. The highest BCUT2D eigenvalue weighted by Crippen LogP contribution is 2.07. The minimum atomic E-state index is -1.13. The quantitative estimate of drug-likeness (QED) is 0.276. The lowest BCUT2D eigenvalue weighted by molar-refractivity contribution is -0.149. The van der Waals surface area contributed by atoms with Gasteiger partial charge < -0.3 is 29.6 Å². The maximum absolute atomic E-state index is 12.5. The zero-order chi connectivity index (χ0) is 26.1. The summed E-state index contributed by atoms with van der Waals surface area (Å²) in [6.45, 7) is 5.28. The van der Waals surface area contributed by atoms with Crippen LogP contribution in [-0.4, -0.2) is 61.8 Å². The van der Waals surface area contributed by atoms with E-state index in [9.17, 15) is 24.0 Å². The molecule has 1 rings (SSSR count). The van der Waals surface area contributed by atoms with E-state index >= 15 is 0 Å². The van der Waals surface area contributed by atoms with Crippen LogP contribution in [0.25, 0.3) is 0 Å². The lowest BCUT2D eigenvalue weighted by Crippen LogP contribution is -2.45. The molecular weight excluding hydrogens is 460 g/mol. The lowest BCUT2D eigenvalue weighted by atomic mass is 10.1. The zero-order valence-corrected chi connectivity index (χ0v) is 20.4. The van der Waals surface area contributed by atoms with Gasteiger partial charge in [-0.2, -0.15) is 0 Å². The largest absolute Gasteiger partial charge is 0.466 e. The Labute approximate surface area is 204 Å². The molecule has 0 aromatic heterocycles. The molecule has 194 valence electrons. The van der Waals surface area contributed by atoms with E-state index in [4.69, 9.17) is 18.9 Å². The fourth-order valence-corrected chi connectivity index (χ4v) is 2.93. The molecule has 1 unspecified atom stereocenters. The summed E-state index contributed by atoms with van der Waals surface area (Å²) in [5.74, 6) is -2.48. The van der Waals surface area contributed by atoms with E-state index in [1.165, 1.54) is 0 Å². The molecular formula is C24H34N2O9. The van der Waals surface area contributed by atoms with E-state index < -0.39 is 42.0 Å². The first-order chi connectivity index (χ1) is 16.8. The summed E-state index contributed by atoms with van der Waals surface area (Å²) in [7, 11) is 0. The van der Waals surface area contributed by atoms with Gasteiger partial charge in [-0.3, -0.25) is 9.59 Å². The van der Waals surface area contributed by atoms with Crippen molar-refractivity contribution in [2.75, 3.05) is 19.8 Å². The van der Waals surface area contributed by atoms with Crippen molar-refractivity contribution in [1.82, 2.24) is 10.6 Å². The van der Waals surface area contributed by atoms with Gasteiger partial charge in [-0.15, -0.1) is 0 Å². The van der Waals surface area contributed by atoms with Crippen LogP contribution < -0.4 is 10.6 Å². The molecule has 2 N–H and O–H groups in total. The average molecular weight is 495 g/mol. The highest BCUT2D eigenvalue weighted by Gasteiger charge is 2.27. The summed E-state index contributed by atoms with van der Waals surface area (Å²) in [4.78, 5) is 60.7. The molecule has 0 radical (unpaired) electrons. The minimum absolute atomic E-state index is 0.00436. The summed E-state index contributed by atoms with van der Waals surface area (Å²) in [6, 6.07) is 6.79. The third-order valence-corrected chi connectivity index (χ3v) is 4.58. The third-order valence-electron chi connectivity index (χ3n) is 4.58. The Morgan fingerprint density at radius 2 is 1.26 bits per heavy atom. The molecule has 0 heterocycles. The number of hydrogen-bond donors (Lipinski definition) is 2. The van der Waals surface area contributed by atoms with Crippen LogP contribution in [0.3, 0.4) is 0 Å². The first-order valence-electron chi connectivity index (χ1n) is 11.6. The number of esters is 3. The van der Waals surface area contributed by atoms with Crippen LogP contribution in [-0.2, 0) is 44.7 Å². The van der Waals surface area contributed by atoms with Crippen molar-refractivity contribution < 1.29 is 42.9 Å². The van der Waals surface area contributed by atoms with Crippen LogP contribution in [0.5, 0.6) is 0 Å². The van der Waals surface area contributed by atoms with Gasteiger partial charge in [-0.1, -0.05) is 30.3 Å². The van der Waals surface area contributed by atoms with Crippen molar-refractivity contribution in [2.45, 2.75) is 65.1 Å². The molecule has 0 spiro atoms. The SMILES string of the molecule is CCOC(=O)CC[C@H](NC(=O)CCC(NC(=O)OCc1ccccc1)C(=O)OCC)C(=O)OCC. The molecule has 2 amide bonds. The Kier molecular flexibility index (Phi) is 14.2. The van der Waals surface area contributed by atoms with Crippen LogP contribution in [0, 0.1) is 0 Å². The number of benzene rings is 1. The second-order valence-electron chi connectivity index (χ2n) is 7.27. The van der Waals surface area contributed by atoms with Gasteiger partial charge in [0.2, 0.25) is 5.91 Å². The van der Waals surface area contributed by atoms with Crippen LogP contribution >= 0.6 is 0 Å². The number of amides is 2. The van der Waals surface area contributed by atoms with Crippen LogP contribution in [0.15, 0.2) is 30.3 Å². The van der Waals surface area contributed by atoms with E-state index in [1.807, 2.05) is 6.07 Å². The number of rotatable bonds is 15. The molecule has 0 fully saturated rings. The second-order valence-corrected chi connectivity index (χ2v) is 7.27. The number of hydrogen-bond acceptors (Lipinski definition) is 9. The summed E-state index contributed by atoms with van der Waals surface area (Å²) in [6.07, 6.45) is -1.24. The molecule has 11 heteroatoms. The number of carbonyl (C=O) groups is 5. The maximum Gasteiger partial charge on any atom is 0.408 e. The van der Waals surface area contributed by atoms with E-state index in [-0.39, 0.29) is 52.1 Å². The first kappa shape index (κ1) is 29.4. The van der Waals surface area contributed by atoms with Gasteiger partial charge in [0.15, 0.2) is 0 Å². The van der Waals surface area contributed by atoms with E-state index in [2.05, 4.69) is 10.6 Å². The van der Waals surface area contributed by atoms with Crippen LogP contribution in [0.2, 0.25) is 0 Å². The Balaban J connectivity index is 2.67. The second kappa shape index (κ2) is 16.9. The molecule has 0 aliphatic heterocycles. The first-order valence-corrected chi connectivity index (χ1v) is 11.6. The summed E-state index contributed by atoms with van der Waals surface area (Å²) in [5, 5.41) is 4.92. The molecule has 0 bridgehead atoms. The van der Waals surface area contributed by atoms with Crippen molar-refractivity contribution in [1.29, 1.82) is 0 Å². The lowest BCUT2D eigenvalue weighted by Gasteiger charge is -2.19. The van der Waals surface area contributed by atoms with Gasteiger partial charge in [0, 0.05) is 12.8 Å². The monoisotopic (exact) mass is 494 g/mol. The van der Waals surface area contributed by atoms with Gasteiger partial charge in [-0.25, -0.2) is 14.4 Å². The Morgan fingerprint density at radius 3 is 1.83 bits per heavy atom. The molecule has 35 heavy (non-hydrogen) atoms. The normalized spacial score (nSPS) is 12.0. The highest BCUT2D eigenvalue weighted by molar-refractivity contribution is 5.86. The highest BCUT2D eigenvalue weighted by atomic mass is 16.6. The van der Waals surface area contributed by atoms with Crippen molar-refractivity contribution in [3.8, 4) is 0 Å². The molecule has 0 saturated heterocycles. The molecule has 1 aromatic carbocycles. The Bertz CT molecular complexity index is 830. The van der Waals surface area contributed by atoms with Crippen LogP contribution in [0.1, 0.15) is 52.0 Å². The summed E-state index contributed by atoms with van der Waals surface area (Å²) >= 11 is 0. The third kappa shape index (κ3) is 12.4. The van der Waals surface area contributed by atoms with Crippen molar-refractivity contribution in [3.63, 3.8) is 0 Å². The maximum atomic E-state index is 12.5. The van der Waals surface area contributed by atoms with E-state index in [0.717, 1.165) is 5.56 Å². The topological polar surface area (TPSA) is 146 Å². The molecule has 11 nitrogen and oxygen atoms in total. The van der Waals surface area contributed by atoms with Gasteiger partial charge in [0.25, 0.3) is 0 Å². The molecule has 1 aromatic rings.